The summed E-state index contributed by atoms with van der Waals surface area (Å²) < 4.78 is 40.6. The number of aliphatic hydroxyl groups is 1. The van der Waals surface area contributed by atoms with E-state index in [0.29, 0.717) is 16.0 Å². The number of carboxylic acids is 1. The predicted octanol–water partition coefficient (Wildman–Crippen LogP) is 2.03. The van der Waals surface area contributed by atoms with Crippen LogP contribution >= 0.6 is 11.3 Å². The fourth-order valence-electron chi connectivity index (χ4n) is 1.95. The fraction of sp³-hybridized carbons (Fsp3) is 0.357. The second kappa shape index (κ2) is 6.73. The summed E-state index contributed by atoms with van der Waals surface area (Å²) in [7, 11) is 0. The van der Waals surface area contributed by atoms with Crippen molar-refractivity contribution in [1.29, 1.82) is 0 Å². The van der Waals surface area contributed by atoms with Crippen molar-refractivity contribution in [2.45, 2.75) is 24.6 Å². The van der Waals surface area contributed by atoms with Gasteiger partial charge in [-0.05, 0) is 12.1 Å². The molecule has 2 aromatic rings. The van der Waals surface area contributed by atoms with Crippen LogP contribution in [0.25, 0.3) is 10.2 Å². The van der Waals surface area contributed by atoms with E-state index in [4.69, 9.17) is 5.11 Å². The number of hydrogen-bond donors (Lipinski definition) is 3. The van der Waals surface area contributed by atoms with E-state index in [1.54, 1.807) is 18.2 Å². The average molecular weight is 362 g/mol. The van der Waals surface area contributed by atoms with E-state index in [9.17, 15) is 27.9 Å². The monoisotopic (exact) mass is 362 g/mol. The smallest absolute Gasteiger partial charge is 0.424 e. The van der Waals surface area contributed by atoms with E-state index in [0.717, 1.165) is 0 Å². The number of benzene rings is 1. The number of rotatable bonds is 6. The van der Waals surface area contributed by atoms with Gasteiger partial charge < -0.3 is 15.5 Å². The molecule has 0 aliphatic heterocycles. The lowest BCUT2D eigenvalue weighted by Gasteiger charge is -2.27. The highest BCUT2D eigenvalue weighted by Crippen LogP contribution is 2.44. The molecule has 1 atom stereocenters. The van der Waals surface area contributed by atoms with Crippen molar-refractivity contribution < 1.29 is 33.0 Å². The molecule has 6 nitrogen and oxygen atoms in total. The largest absolute Gasteiger partial charge is 0.481 e. The van der Waals surface area contributed by atoms with Crippen LogP contribution in [0.2, 0.25) is 0 Å². The van der Waals surface area contributed by atoms with Crippen LogP contribution in [0.3, 0.4) is 0 Å². The first-order chi connectivity index (χ1) is 11.1. The number of carboxylic acid groups (broad SMARTS) is 1. The zero-order chi connectivity index (χ0) is 18.0. The van der Waals surface area contributed by atoms with Crippen molar-refractivity contribution in [2.24, 2.45) is 0 Å². The summed E-state index contributed by atoms with van der Waals surface area (Å²) in [5.41, 5.74) is -3.16. The third kappa shape index (κ3) is 3.82. The Morgan fingerprint density at radius 1 is 1.25 bits per heavy atom. The van der Waals surface area contributed by atoms with E-state index in [-0.39, 0.29) is 12.1 Å². The van der Waals surface area contributed by atoms with E-state index < -0.39 is 41.5 Å². The molecular formula is C14H13F3N2O4S. The number of amides is 1. The molecular weight excluding hydrogens is 349 g/mol. The molecule has 24 heavy (non-hydrogen) atoms. The van der Waals surface area contributed by atoms with Crippen LogP contribution in [0, 0.1) is 0 Å². The van der Waals surface area contributed by atoms with Gasteiger partial charge >= 0.3 is 12.1 Å². The van der Waals surface area contributed by atoms with Crippen molar-refractivity contribution in [2.75, 3.05) is 6.54 Å². The summed E-state index contributed by atoms with van der Waals surface area (Å²) in [6.07, 6.45) is -6.85. The van der Waals surface area contributed by atoms with Crippen LogP contribution in [0.1, 0.15) is 17.8 Å². The first-order valence-corrected chi connectivity index (χ1v) is 7.59. The number of thiazole rings is 1. The number of alkyl halides is 3. The lowest BCUT2D eigenvalue weighted by Crippen LogP contribution is -2.46. The van der Waals surface area contributed by atoms with Crippen LogP contribution in [-0.4, -0.2) is 39.8 Å². The molecule has 0 fully saturated rings. The molecule has 0 saturated heterocycles. The Labute approximate surface area is 137 Å². The van der Waals surface area contributed by atoms with E-state index >= 15 is 0 Å². The van der Waals surface area contributed by atoms with Gasteiger partial charge in [-0.25, -0.2) is 4.98 Å². The van der Waals surface area contributed by atoms with E-state index in [1.807, 2.05) is 5.32 Å². The highest BCUT2D eigenvalue weighted by molar-refractivity contribution is 7.18. The van der Waals surface area contributed by atoms with Gasteiger partial charge in [0, 0.05) is 6.54 Å². The predicted molar refractivity (Wildman–Crippen MR) is 79.5 cm³/mol. The third-order valence-electron chi connectivity index (χ3n) is 3.19. The van der Waals surface area contributed by atoms with Gasteiger partial charge in [0.1, 0.15) is 5.01 Å². The highest BCUT2D eigenvalue weighted by Gasteiger charge is 2.58. The number of para-hydroxylation sites is 1. The molecule has 1 aromatic heterocycles. The molecule has 2 rings (SSSR count). The minimum atomic E-state index is -5.12. The van der Waals surface area contributed by atoms with Crippen molar-refractivity contribution in [3.63, 3.8) is 0 Å². The zero-order valence-electron chi connectivity index (χ0n) is 12.1. The van der Waals surface area contributed by atoms with Crippen LogP contribution in [0.5, 0.6) is 0 Å². The van der Waals surface area contributed by atoms with Crippen LogP contribution < -0.4 is 5.32 Å². The SMILES string of the molecule is O=C(O)CCNC(=O)CC(O)(c1nc2ccccc2s1)C(F)(F)F. The molecule has 0 bridgehead atoms. The maximum atomic E-state index is 13.4. The van der Waals surface area contributed by atoms with Crippen molar-refractivity contribution in [3.05, 3.63) is 29.3 Å². The minimum Gasteiger partial charge on any atom is -0.481 e. The Morgan fingerprint density at radius 2 is 1.92 bits per heavy atom. The summed E-state index contributed by atoms with van der Waals surface area (Å²) in [5, 5.41) is 20.0. The minimum absolute atomic E-state index is 0.284. The van der Waals surface area contributed by atoms with Crippen molar-refractivity contribution in [3.8, 4) is 0 Å². The first kappa shape index (κ1) is 18.1. The molecule has 1 amide bonds. The molecule has 0 spiro atoms. The number of nitrogens with one attached hydrogen (secondary N) is 1. The fourth-order valence-corrected chi connectivity index (χ4v) is 3.02. The van der Waals surface area contributed by atoms with Gasteiger partial charge in [-0.1, -0.05) is 12.1 Å². The second-order valence-electron chi connectivity index (χ2n) is 5.02. The molecule has 0 radical (unpaired) electrons. The zero-order valence-corrected chi connectivity index (χ0v) is 12.9. The average Bonchev–Trinajstić information content (AvgIpc) is 2.89. The number of halogens is 3. The molecule has 10 heteroatoms. The summed E-state index contributed by atoms with van der Waals surface area (Å²) in [6.45, 7) is -0.331. The molecule has 0 aliphatic carbocycles. The summed E-state index contributed by atoms with van der Waals surface area (Å²) in [5.74, 6) is -2.32. The van der Waals surface area contributed by atoms with Crippen LogP contribution in [0.15, 0.2) is 24.3 Å². The molecule has 1 unspecified atom stereocenters. The molecule has 0 aliphatic rings. The lowest BCUT2D eigenvalue weighted by atomic mass is 9.99. The summed E-state index contributed by atoms with van der Waals surface area (Å²) in [6, 6.07) is 6.27. The number of fused-ring (bicyclic) bond motifs is 1. The maximum Gasteiger partial charge on any atom is 0.424 e. The number of carbonyl (C=O) groups is 2. The Kier molecular flexibility index (Phi) is 5.09. The lowest BCUT2D eigenvalue weighted by molar-refractivity contribution is -0.267. The molecule has 0 saturated carbocycles. The van der Waals surface area contributed by atoms with Crippen molar-refractivity contribution in [1.82, 2.24) is 10.3 Å². The Balaban J connectivity index is 2.26. The van der Waals surface area contributed by atoms with Gasteiger partial charge in [0.15, 0.2) is 0 Å². The third-order valence-corrected chi connectivity index (χ3v) is 4.38. The number of nitrogens with zero attached hydrogens (tertiary/aromatic N) is 1. The number of hydrogen-bond acceptors (Lipinski definition) is 5. The van der Waals surface area contributed by atoms with Crippen LogP contribution in [-0.2, 0) is 15.2 Å². The van der Waals surface area contributed by atoms with Gasteiger partial charge in [0.25, 0.3) is 0 Å². The molecule has 3 N–H and O–H groups in total. The normalized spacial score (nSPS) is 14.3. The van der Waals surface area contributed by atoms with Gasteiger partial charge in [-0.3, -0.25) is 9.59 Å². The highest BCUT2D eigenvalue weighted by atomic mass is 32.1. The Hall–Kier alpha value is -2.20. The van der Waals surface area contributed by atoms with Gasteiger partial charge in [0.05, 0.1) is 23.1 Å². The Morgan fingerprint density at radius 3 is 2.50 bits per heavy atom. The Bertz CT molecular complexity index is 729. The summed E-state index contributed by atoms with van der Waals surface area (Å²) >= 11 is 0.647. The number of aliphatic carboxylic acids is 1. The molecule has 1 aromatic carbocycles. The summed E-state index contributed by atoms with van der Waals surface area (Å²) in [4.78, 5) is 25.8. The maximum absolute atomic E-state index is 13.4. The van der Waals surface area contributed by atoms with E-state index in [2.05, 4.69) is 4.98 Å². The first-order valence-electron chi connectivity index (χ1n) is 6.77. The van der Waals surface area contributed by atoms with Gasteiger partial charge in [0.2, 0.25) is 11.5 Å². The van der Waals surface area contributed by atoms with Gasteiger partial charge in [-0.15, -0.1) is 11.3 Å². The topological polar surface area (TPSA) is 99.5 Å². The van der Waals surface area contributed by atoms with Gasteiger partial charge in [-0.2, -0.15) is 13.2 Å². The molecule has 130 valence electrons. The quantitative estimate of drug-likeness (QED) is 0.730. The number of aromatic nitrogens is 1. The van der Waals surface area contributed by atoms with Crippen LogP contribution in [0.4, 0.5) is 13.2 Å². The number of carbonyl (C=O) groups excluding carboxylic acids is 1. The van der Waals surface area contributed by atoms with Crippen molar-refractivity contribution >= 4 is 33.4 Å². The molecule has 1 heterocycles. The van der Waals surface area contributed by atoms with E-state index in [1.165, 1.54) is 6.07 Å². The standard InChI is InChI=1S/C14H13F3N2O4S/c15-14(16,17)13(23,7-10(20)18-6-5-11(21)22)12-19-8-3-1-2-4-9(8)24-12/h1-4,23H,5-7H2,(H,18,20)(H,21,22). The second-order valence-corrected chi connectivity index (χ2v) is 6.05.